The van der Waals surface area contributed by atoms with Gasteiger partial charge in [0.15, 0.2) is 0 Å². The van der Waals surface area contributed by atoms with Gasteiger partial charge in [0, 0.05) is 18.8 Å². The van der Waals surface area contributed by atoms with Crippen LogP contribution in [0.4, 0.5) is 4.39 Å². The zero-order valence-corrected chi connectivity index (χ0v) is 13.5. The second-order valence-corrected chi connectivity index (χ2v) is 4.89. The van der Waals surface area contributed by atoms with E-state index in [0.717, 1.165) is 0 Å². The van der Waals surface area contributed by atoms with E-state index in [1.165, 1.54) is 30.3 Å². The van der Waals surface area contributed by atoms with Crippen LogP contribution in [-0.2, 0) is 4.79 Å². The molecule has 0 fully saturated rings. The van der Waals surface area contributed by atoms with Crippen molar-refractivity contribution in [3.05, 3.63) is 84.0 Å². The van der Waals surface area contributed by atoms with Crippen LogP contribution >= 0.6 is 0 Å². The summed E-state index contributed by atoms with van der Waals surface area (Å²) < 4.78 is 18.6. The molecule has 0 aliphatic heterocycles. The third kappa shape index (κ3) is 5.31. The quantitative estimate of drug-likeness (QED) is 0.462. The summed E-state index contributed by atoms with van der Waals surface area (Å²) in [6.07, 6.45) is 4.94. The van der Waals surface area contributed by atoms with Crippen LogP contribution in [0, 0.1) is 5.82 Å². The van der Waals surface area contributed by atoms with E-state index in [1.807, 2.05) is 0 Å². The lowest BCUT2D eigenvalue weighted by Crippen LogP contribution is -2.22. The molecule has 0 bridgehead atoms. The van der Waals surface area contributed by atoms with Gasteiger partial charge in [-0.1, -0.05) is 12.1 Å². The lowest BCUT2D eigenvalue weighted by molar-refractivity contribution is -0.104. The van der Waals surface area contributed by atoms with E-state index < -0.39 is 5.91 Å². The molecule has 128 valence electrons. The Labute approximate surface area is 144 Å². The molecule has 5 nitrogen and oxygen atoms in total. The standard InChI is InChI=1S/C19H17FN2O3/c1-21-12-10-15(11-13-23)22-19(24)17-4-2-3-5-18(17)25-16-8-6-14(20)7-9-16/h2-13,21H,1H3,(H,22,24)/b12-10-,15-11+. The Morgan fingerprint density at radius 3 is 2.52 bits per heavy atom. The van der Waals surface area contributed by atoms with Gasteiger partial charge in [-0.3, -0.25) is 9.59 Å². The van der Waals surface area contributed by atoms with Crippen molar-refractivity contribution in [2.24, 2.45) is 0 Å². The van der Waals surface area contributed by atoms with Gasteiger partial charge in [0.1, 0.15) is 23.6 Å². The van der Waals surface area contributed by atoms with Gasteiger partial charge in [0.25, 0.3) is 5.91 Å². The number of nitrogens with one attached hydrogen (secondary N) is 2. The lowest BCUT2D eigenvalue weighted by Gasteiger charge is -2.11. The Hall–Kier alpha value is -3.41. The van der Waals surface area contributed by atoms with Gasteiger partial charge in [0.2, 0.25) is 0 Å². The van der Waals surface area contributed by atoms with Crippen molar-refractivity contribution in [1.82, 2.24) is 10.6 Å². The van der Waals surface area contributed by atoms with Crippen LogP contribution in [-0.4, -0.2) is 19.2 Å². The van der Waals surface area contributed by atoms with Gasteiger partial charge in [-0.05, 0) is 48.7 Å². The fourth-order valence-corrected chi connectivity index (χ4v) is 1.96. The van der Waals surface area contributed by atoms with Crippen molar-refractivity contribution in [1.29, 1.82) is 0 Å². The van der Waals surface area contributed by atoms with Gasteiger partial charge >= 0.3 is 0 Å². The summed E-state index contributed by atoms with van der Waals surface area (Å²) in [6, 6.07) is 12.1. The number of benzene rings is 2. The minimum atomic E-state index is -0.438. The predicted molar refractivity (Wildman–Crippen MR) is 92.7 cm³/mol. The molecule has 0 unspecified atom stereocenters. The Bertz CT molecular complexity index is 799. The molecule has 2 rings (SSSR count). The summed E-state index contributed by atoms with van der Waals surface area (Å²) >= 11 is 0. The number of carbonyl (C=O) groups is 2. The number of hydrogen-bond acceptors (Lipinski definition) is 4. The fraction of sp³-hybridized carbons (Fsp3) is 0.0526. The van der Waals surface area contributed by atoms with Crippen molar-refractivity contribution < 1.29 is 18.7 Å². The number of hydrogen-bond donors (Lipinski definition) is 2. The average molecular weight is 340 g/mol. The maximum Gasteiger partial charge on any atom is 0.259 e. The molecule has 0 aliphatic carbocycles. The summed E-state index contributed by atoms with van der Waals surface area (Å²) in [7, 11) is 1.70. The Morgan fingerprint density at radius 2 is 1.84 bits per heavy atom. The number of rotatable bonds is 7. The number of carbonyl (C=O) groups excluding carboxylic acids is 2. The monoisotopic (exact) mass is 340 g/mol. The third-order valence-corrected chi connectivity index (χ3v) is 3.11. The molecule has 0 radical (unpaired) electrons. The molecule has 0 atom stereocenters. The number of halogens is 1. The van der Waals surface area contributed by atoms with Gasteiger partial charge in [0.05, 0.1) is 5.56 Å². The molecule has 25 heavy (non-hydrogen) atoms. The fourth-order valence-electron chi connectivity index (χ4n) is 1.96. The number of aldehydes is 1. The SMILES string of the molecule is CN/C=C\C(=C/C=O)NC(=O)c1ccccc1Oc1ccc(F)cc1. The highest BCUT2D eigenvalue weighted by molar-refractivity contribution is 5.98. The first-order valence-corrected chi connectivity index (χ1v) is 7.47. The molecule has 0 aromatic heterocycles. The summed E-state index contributed by atoms with van der Waals surface area (Å²) in [6.45, 7) is 0. The van der Waals surface area contributed by atoms with E-state index in [1.54, 1.807) is 43.6 Å². The van der Waals surface area contributed by atoms with Crippen molar-refractivity contribution >= 4 is 12.2 Å². The van der Waals surface area contributed by atoms with Crippen molar-refractivity contribution in [3.8, 4) is 11.5 Å². The molecule has 1 amide bonds. The molecule has 6 heteroatoms. The average Bonchev–Trinajstić information content (AvgIpc) is 2.62. The maximum atomic E-state index is 13.0. The summed E-state index contributed by atoms with van der Waals surface area (Å²) in [5.41, 5.74) is 0.604. The first-order valence-electron chi connectivity index (χ1n) is 7.47. The highest BCUT2D eigenvalue weighted by Gasteiger charge is 2.13. The minimum absolute atomic E-state index is 0.279. The van der Waals surface area contributed by atoms with Gasteiger partial charge in [-0.15, -0.1) is 0 Å². The van der Waals surface area contributed by atoms with Crippen LogP contribution in [0.2, 0.25) is 0 Å². The van der Waals surface area contributed by atoms with E-state index in [4.69, 9.17) is 4.74 Å². The Morgan fingerprint density at radius 1 is 1.12 bits per heavy atom. The molecule has 2 N–H and O–H groups in total. The highest BCUT2D eigenvalue weighted by atomic mass is 19.1. The number of para-hydroxylation sites is 1. The van der Waals surface area contributed by atoms with Gasteiger partial charge in [-0.25, -0.2) is 4.39 Å². The predicted octanol–water partition coefficient (Wildman–Crippen LogP) is 3.16. The molecule has 0 heterocycles. The minimum Gasteiger partial charge on any atom is -0.457 e. The van der Waals surface area contributed by atoms with E-state index >= 15 is 0 Å². The molecule has 2 aromatic rings. The normalized spacial score (nSPS) is 11.2. The summed E-state index contributed by atoms with van der Waals surface area (Å²) in [5, 5.41) is 5.40. The number of amides is 1. The molecule has 2 aromatic carbocycles. The van der Waals surface area contributed by atoms with E-state index in [-0.39, 0.29) is 11.4 Å². The number of ether oxygens (including phenoxy) is 1. The summed E-state index contributed by atoms with van der Waals surface area (Å²) in [4.78, 5) is 23.2. The Balaban J connectivity index is 2.22. The smallest absolute Gasteiger partial charge is 0.259 e. The maximum absolute atomic E-state index is 13.0. The Kier molecular flexibility index (Phi) is 6.47. The summed E-state index contributed by atoms with van der Waals surface area (Å²) in [5.74, 6) is -0.0973. The molecule has 0 spiro atoms. The van der Waals surface area contributed by atoms with Crippen LogP contribution in [0.5, 0.6) is 11.5 Å². The zero-order chi connectivity index (χ0) is 18.1. The third-order valence-electron chi connectivity index (χ3n) is 3.11. The van der Waals surface area contributed by atoms with Crippen molar-refractivity contribution in [3.63, 3.8) is 0 Å². The van der Waals surface area contributed by atoms with Crippen LogP contribution < -0.4 is 15.4 Å². The molecule has 0 aliphatic rings. The van der Waals surface area contributed by atoms with Crippen molar-refractivity contribution in [2.45, 2.75) is 0 Å². The number of allylic oxidation sites excluding steroid dienone is 2. The van der Waals surface area contributed by atoms with Crippen LogP contribution in [0.25, 0.3) is 0 Å². The molecule has 0 saturated carbocycles. The first-order chi connectivity index (χ1) is 12.1. The van der Waals surface area contributed by atoms with Crippen molar-refractivity contribution in [2.75, 3.05) is 7.05 Å². The second-order valence-electron chi connectivity index (χ2n) is 4.89. The van der Waals surface area contributed by atoms with Gasteiger partial charge < -0.3 is 15.4 Å². The second kappa shape index (κ2) is 9.02. The lowest BCUT2D eigenvalue weighted by atomic mass is 10.2. The molecular weight excluding hydrogens is 323 g/mol. The van der Waals surface area contributed by atoms with E-state index in [2.05, 4.69) is 10.6 Å². The van der Waals surface area contributed by atoms with Crippen LogP contribution in [0.3, 0.4) is 0 Å². The molecular formula is C19H17FN2O3. The largest absolute Gasteiger partial charge is 0.457 e. The first kappa shape index (κ1) is 17.9. The molecule has 0 saturated heterocycles. The highest BCUT2D eigenvalue weighted by Crippen LogP contribution is 2.25. The zero-order valence-electron chi connectivity index (χ0n) is 13.5. The van der Waals surface area contributed by atoms with Crippen LogP contribution in [0.15, 0.2) is 72.6 Å². The van der Waals surface area contributed by atoms with E-state index in [9.17, 15) is 14.0 Å². The van der Waals surface area contributed by atoms with Gasteiger partial charge in [-0.2, -0.15) is 0 Å². The van der Waals surface area contributed by atoms with E-state index in [0.29, 0.717) is 23.5 Å². The topological polar surface area (TPSA) is 67.4 Å². The van der Waals surface area contributed by atoms with Crippen LogP contribution in [0.1, 0.15) is 10.4 Å².